The molecule has 2 heterocycles. The molecule has 0 bridgehead atoms. The molecule has 1 aliphatic rings. The van der Waals surface area contributed by atoms with Crippen molar-refractivity contribution >= 4 is 0 Å². The van der Waals surface area contributed by atoms with Gasteiger partial charge in [-0.1, -0.05) is 12.5 Å². The molecule has 5 nitrogen and oxygen atoms in total. The molecule has 1 atom stereocenters. The Labute approximate surface area is 129 Å². The summed E-state index contributed by atoms with van der Waals surface area (Å²) in [7, 11) is 0. The first-order chi connectivity index (χ1) is 10.8. The predicted octanol–water partition coefficient (Wildman–Crippen LogP) is 2.34. The van der Waals surface area contributed by atoms with E-state index >= 15 is 0 Å². The van der Waals surface area contributed by atoms with E-state index in [0.29, 0.717) is 18.2 Å². The predicted molar refractivity (Wildman–Crippen MR) is 79.2 cm³/mol. The van der Waals surface area contributed by atoms with Gasteiger partial charge in [0.15, 0.2) is 0 Å². The molecule has 0 aliphatic carbocycles. The zero-order chi connectivity index (χ0) is 15.4. The maximum Gasteiger partial charge on any atom is 0.137 e. The third kappa shape index (κ3) is 3.31. The van der Waals surface area contributed by atoms with E-state index in [4.69, 9.17) is 0 Å². The fourth-order valence-electron chi connectivity index (χ4n) is 3.03. The third-order valence-corrected chi connectivity index (χ3v) is 4.18. The molecule has 0 N–H and O–H groups in total. The Morgan fingerprint density at radius 1 is 1.36 bits per heavy atom. The van der Waals surface area contributed by atoms with Crippen LogP contribution in [-0.2, 0) is 13.1 Å². The highest BCUT2D eigenvalue weighted by Crippen LogP contribution is 2.22. The fourth-order valence-corrected chi connectivity index (χ4v) is 3.03. The lowest BCUT2D eigenvalue weighted by Gasteiger charge is -2.35. The van der Waals surface area contributed by atoms with E-state index in [1.165, 1.54) is 18.6 Å². The fraction of sp³-hybridized carbons (Fsp3) is 0.438. The lowest BCUT2D eigenvalue weighted by atomic mass is 10.00. The summed E-state index contributed by atoms with van der Waals surface area (Å²) in [4.78, 5) is 6.34. The van der Waals surface area contributed by atoms with Crippen molar-refractivity contribution in [1.82, 2.24) is 19.7 Å². The smallest absolute Gasteiger partial charge is 0.137 e. The Bertz CT molecular complexity index is 662. The summed E-state index contributed by atoms with van der Waals surface area (Å²) in [5.74, 6) is -0.363. The van der Waals surface area contributed by atoms with Crippen molar-refractivity contribution in [2.24, 2.45) is 0 Å². The van der Waals surface area contributed by atoms with Crippen molar-refractivity contribution in [3.63, 3.8) is 0 Å². The van der Waals surface area contributed by atoms with E-state index in [2.05, 4.69) is 21.1 Å². The maximum absolute atomic E-state index is 13.3. The lowest BCUT2D eigenvalue weighted by Crippen LogP contribution is -2.41. The SMILES string of the molecule is N#Cc1cc(F)ccc1CN1CCCCC1Cn1cncn1. The molecule has 1 fully saturated rings. The molecular formula is C16H18FN5. The zero-order valence-electron chi connectivity index (χ0n) is 12.3. The Balaban J connectivity index is 1.75. The number of likely N-dealkylation sites (tertiary alicyclic amines) is 1. The van der Waals surface area contributed by atoms with Crippen LogP contribution in [0.25, 0.3) is 0 Å². The van der Waals surface area contributed by atoms with Gasteiger partial charge in [0, 0.05) is 12.6 Å². The molecule has 1 unspecified atom stereocenters. The minimum absolute atomic E-state index is 0.363. The summed E-state index contributed by atoms with van der Waals surface area (Å²) in [6, 6.07) is 6.91. The third-order valence-electron chi connectivity index (χ3n) is 4.18. The summed E-state index contributed by atoms with van der Waals surface area (Å²) in [6.07, 6.45) is 6.72. The molecule has 0 amide bonds. The molecule has 1 aromatic carbocycles. The highest BCUT2D eigenvalue weighted by molar-refractivity contribution is 5.37. The Morgan fingerprint density at radius 3 is 3.05 bits per heavy atom. The van der Waals surface area contributed by atoms with Crippen molar-refractivity contribution < 1.29 is 4.39 Å². The van der Waals surface area contributed by atoms with E-state index in [0.717, 1.165) is 31.5 Å². The van der Waals surface area contributed by atoms with Crippen LogP contribution in [-0.4, -0.2) is 32.3 Å². The first kappa shape index (κ1) is 14.7. The van der Waals surface area contributed by atoms with E-state index in [9.17, 15) is 9.65 Å². The molecule has 2 aromatic rings. The zero-order valence-corrected chi connectivity index (χ0v) is 12.3. The number of nitrogens with zero attached hydrogens (tertiary/aromatic N) is 5. The standard InChI is InChI=1S/C16H18FN5/c17-15-5-4-13(14(7-15)8-18)9-21-6-2-1-3-16(21)10-22-12-19-11-20-22/h4-5,7,11-12,16H,1-3,6,9-10H2. The van der Waals surface area contributed by atoms with E-state index in [1.807, 2.05) is 4.68 Å². The van der Waals surface area contributed by atoms with Crippen LogP contribution in [0.5, 0.6) is 0 Å². The van der Waals surface area contributed by atoms with E-state index in [-0.39, 0.29) is 5.82 Å². The minimum Gasteiger partial charge on any atom is -0.294 e. The molecule has 3 rings (SSSR count). The van der Waals surface area contributed by atoms with Gasteiger partial charge in [0.2, 0.25) is 0 Å². The van der Waals surface area contributed by atoms with Gasteiger partial charge in [-0.15, -0.1) is 0 Å². The van der Waals surface area contributed by atoms with Gasteiger partial charge >= 0.3 is 0 Å². The number of hydrogen-bond acceptors (Lipinski definition) is 4. The second-order valence-electron chi connectivity index (χ2n) is 5.65. The molecular weight excluding hydrogens is 281 g/mol. The molecule has 0 radical (unpaired) electrons. The molecule has 114 valence electrons. The highest BCUT2D eigenvalue weighted by Gasteiger charge is 2.23. The van der Waals surface area contributed by atoms with Crippen LogP contribution in [0.4, 0.5) is 4.39 Å². The number of piperidine rings is 1. The molecule has 1 saturated heterocycles. The number of benzene rings is 1. The van der Waals surface area contributed by atoms with Crippen molar-refractivity contribution in [3.8, 4) is 6.07 Å². The molecule has 22 heavy (non-hydrogen) atoms. The largest absolute Gasteiger partial charge is 0.294 e. The van der Waals surface area contributed by atoms with Gasteiger partial charge in [0.25, 0.3) is 0 Å². The van der Waals surface area contributed by atoms with Crippen LogP contribution in [0.3, 0.4) is 0 Å². The van der Waals surface area contributed by atoms with Crippen molar-refractivity contribution in [2.45, 2.75) is 38.4 Å². The second kappa shape index (κ2) is 6.67. The Morgan fingerprint density at radius 2 is 2.27 bits per heavy atom. The summed E-state index contributed by atoms with van der Waals surface area (Å²) in [6.45, 7) is 2.45. The van der Waals surface area contributed by atoms with Gasteiger partial charge in [-0.25, -0.2) is 9.37 Å². The maximum atomic E-state index is 13.3. The molecule has 1 aliphatic heterocycles. The summed E-state index contributed by atoms with van der Waals surface area (Å²) in [5, 5.41) is 13.4. The first-order valence-corrected chi connectivity index (χ1v) is 7.51. The second-order valence-corrected chi connectivity index (χ2v) is 5.65. The molecule has 0 saturated carbocycles. The van der Waals surface area contributed by atoms with Gasteiger partial charge < -0.3 is 0 Å². The summed E-state index contributed by atoms with van der Waals surface area (Å²) >= 11 is 0. The normalized spacial score (nSPS) is 19.0. The van der Waals surface area contributed by atoms with Crippen molar-refractivity contribution in [1.29, 1.82) is 5.26 Å². The number of halogens is 1. The van der Waals surface area contributed by atoms with Crippen LogP contribution in [0.2, 0.25) is 0 Å². The molecule has 6 heteroatoms. The average Bonchev–Trinajstić information content (AvgIpc) is 3.04. The summed E-state index contributed by atoms with van der Waals surface area (Å²) < 4.78 is 15.1. The average molecular weight is 299 g/mol. The monoisotopic (exact) mass is 299 g/mol. The van der Waals surface area contributed by atoms with Gasteiger partial charge in [-0.2, -0.15) is 10.4 Å². The van der Waals surface area contributed by atoms with E-state index < -0.39 is 0 Å². The molecule has 0 spiro atoms. The van der Waals surface area contributed by atoms with Crippen LogP contribution in [0.1, 0.15) is 30.4 Å². The highest BCUT2D eigenvalue weighted by atomic mass is 19.1. The quantitative estimate of drug-likeness (QED) is 0.869. The number of nitriles is 1. The summed E-state index contributed by atoms with van der Waals surface area (Å²) in [5.41, 5.74) is 1.31. The number of rotatable bonds is 4. The van der Waals surface area contributed by atoms with Gasteiger partial charge in [-0.05, 0) is 37.1 Å². The topological polar surface area (TPSA) is 57.7 Å². The molecule has 1 aromatic heterocycles. The first-order valence-electron chi connectivity index (χ1n) is 7.51. The van der Waals surface area contributed by atoms with Crippen LogP contribution >= 0.6 is 0 Å². The van der Waals surface area contributed by atoms with Crippen molar-refractivity contribution in [2.75, 3.05) is 6.54 Å². The number of aromatic nitrogens is 3. The Kier molecular flexibility index (Phi) is 4.45. The van der Waals surface area contributed by atoms with Crippen LogP contribution < -0.4 is 0 Å². The van der Waals surface area contributed by atoms with Crippen molar-refractivity contribution in [3.05, 3.63) is 47.8 Å². The number of hydrogen-bond donors (Lipinski definition) is 0. The Hall–Kier alpha value is -2.26. The van der Waals surface area contributed by atoms with Gasteiger partial charge in [0.05, 0.1) is 18.2 Å². The van der Waals surface area contributed by atoms with E-state index in [1.54, 1.807) is 18.7 Å². The van der Waals surface area contributed by atoms with Gasteiger partial charge in [-0.3, -0.25) is 9.58 Å². The lowest BCUT2D eigenvalue weighted by molar-refractivity contribution is 0.122. The van der Waals surface area contributed by atoms with Gasteiger partial charge in [0.1, 0.15) is 18.5 Å². The van der Waals surface area contributed by atoms with Crippen LogP contribution in [0, 0.1) is 17.1 Å². The van der Waals surface area contributed by atoms with Crippen LogP contribution in [0.15, 0.2) is 30.9 Å². The minimum atomic E-state index is -0.363.